The molecule has 2 rings (SSSR count). The van der Waals surface area contributed by atoms with Crippen molar-refractivity contribution in [3.05, 3.63) is 40.2 Å². The minimum absolute atomic E-state index is 0.0309. The second-order valence-corrected chi connectivity index (χ2v) is 3.56. The van der Waals surface area contributed by atoms with E-state index in [2.05, 4.69) is 0 Å². The summed E-state index contributed by atoms with van der Waals surface area (Å²) < 4.78 is 4.86. The molecular weight excluding hydrogens is 224 g/mol. The standard InChI is InChI=1S/C12H10O5/c1-6-9(14)10(15)12(16)17-11(6)7-4-2-3-5-8(7)13/h2-5,13-15H,1H3. The van der Waals surface area contributed by atoms with Crippen molar-refractivity contribution in [2.45, 2.75) is 6.92 Å². The number of rotatable bonds is 1. The van der Waals surface area contributed by atoms with Gasteiger partial charge in [0.15, 0.2) is 5.75 Å². The van der Waals surface area contributed by atoms with Gasteiger partial charge in [0.25, 0.3) is 0 Å². The fourth-order valence-corrected chi connectivity index (χ4v) is 1.52. The minimum atomic E-state index is -1.05. The monoisotopic (exact) mass is 234 g/mol. The molecule has 0 aliphatic rings. The van der Waals surface area contributed by atoms with Gasteiger partial charge in [-0.1, -0.05) is 12.1 Å². The highest BCUT2D eigenvalue weighted by molar-refractivity contribution is 5.70. The van der Waals surface area contributed by atoms with Crippen LogP contribution in [0.4, 0.5) is 0 Å². The van der Waals surface area contributed by atoms with Crippen LogP contribution < -0.4 is 5.63 Å². The van der Waals surface area contributed by atoms with Crippen LogP contribution >= 0.6 is 0 Å². The predicted molar refractivity (Wildman–Crippen MR) is 60.1 cm³/mol. The lowest BCUT2D eigenvalue weighted by Gasteiger charge is -2.08. The van der Waals surface area contributed by atoms with Crippen LogP contribution in [0.2, 0.25) is 0 Å². The van der Waals surface area contributed by atoms with E-state index >= 15 is 0 Å². The maximum Gasteiger partial charge on any atom is 0.382 e. The SMILES string of the molecule is Cc1c(-c2ccccc2O)oc(=O)c(O)c1O. The largest absolute Gasteiger partial charge is 0.507 e. The van der Waals surface area contributed by atoms with E-state index in [1.165, 1.54) is 19.1 Å². The number of phenols is 1. The van der Waals surface area contributed by atoms with Crippen molar-refractivity contribution in [3.63, 3.8) is 0 Å². The Labute approximate surface area is 96.2 Å². The highest BCUT2D eigenvalue weighted by Crippen LogP contribution is 2.36. The Morgan fingerprint density at radius 1 is 1.06 bits per heavy atom. The van der Waals surface area contributed by atoms with Gasteiger partial charge in [0.1, 0.15) is 11.5 Å². The number of hydrogen-bond donors (Lipinski definition) is 3. The summed E-state index contributed by atoms with van der Waals surface area (Å²) in [4.78, 5) is 11.2. The molecule has 1 aromatic heterocycles. The smallest absolute Gasteiger partial charge is 0.382 e. The summed E-state index contributed by atoms with van der Waals surface area (Å²) in [6.45, 7) is 1.47. The second-order valence-electron chi connectivity index (χ2n) is 3.56. The molecule has 0 saturated heterocycles. The van der Waals surface area contributed by atoms with E-state index in [0.29, 0.717) is 0 Å². The topological polar surface area (TPSA) is 90.9 Å². The second kappa shape index (κ2) is 3.86. The predicted octanol–water partition coefficient (Wildman–Crippen LogP) is 1.73. The minimum Gasteiger partial charge on any atom is -0.507 e. The lowest BCUT2D eigenvalue weighted by Crippen LogP contribution is -2.01. The van der Waals surface area contributed by atoms with Crippen LogP contribution in [0.15, 0.2) is 33.5 Å². The summed E-state index contributed by atoms with van der Waals surface area (Å²) in [5.74, 6) is -1.42. The molecule has 88 valence electrons. The van der Waals surface area contributed by atoms with Gasteiger partial charge in [0.2, 0.25) is 5.75 Å². The summed E-state index contributed by atoms with van der Waals surface area (Å²) in [6, 6.07) is 6.24. The van der Waals surface area contributed by atoms with Crippen molar-refractivity contribution < 1.29 is 19.7 Å². The zero-order valence-electron chi connectivity index (χ0n) is 8.97. The Kier molecular flexibility index (Phi) is 2.51. The number of benzene rings is 1. The molecule has 1 heterocycles. The van der Waals surface area contributed by atoms with Crippen molar-refractivity contribution in [1.82, 2.24) is 0 Å². The first-order valence-corrected chi connectivity index (χ1v) is 4.86. The molecule has 0 radical (unpaired) electrons. The zero-order chi connectivity index (χ0) is 12.6. The molecule has 5 nitrogen and oxygen atoms in total. The van der Waals surface area contributed by atoms with Crippen LogP contribution in [0.1, 0.15) is 5.56 Å². The highest BCUT2D eigenvalue weighted by atomic mass is 16.4. The molecule has 0 amide bonds. The fourth-order valence-electron chi connectivity index (χ4n) is 1.52. The molecule has 0 spiro atoms. The van der Waals surface area contributed by atoms with Gasteiger partial charge >= 0.3 is 5.63 Å². The summed E-state index contributed by atoms with van der Waals surface area (Å²) in [6.07, 6.45) is 0. The molecular formula is C12H10O5. The van der Waals surface area contributed by atoms with Crippen LogP contribution in [0.5, 0.6) is 17.2 Å². The molecule has 0 unspecified atom stereocenters. The van der Waals surface area contributed by atoms with Crippen molar-refractivity contribution in [2.75, 3.05) is 0 Å². The molecule has 2 aromatic rings. The van der Waals surface area contributed by atoms with Gasteiger partial charge in [0.05, 0.1) is 5.56 Å². The van der Waals surface area contributed by atoms with Gasteiger partial charge in [-0.05, 0) is 19.1 Å². The Morgan fingerprint density at radius 2 is 1.71 bits per heavy atom. The molecule has 0 aliphatic heterocycles. The Balaban J connectivity index is 2.78. The maximum absolute atomic E-state index is 11.2. The van der Waals surface area contributed by atoms with Crippen LogP contribution in [0.25, 0.3) is 11.3 Å². The van der Waals surface area contributed by atoms with Gasteiger partial charge in [-0.2, -0.15) is 0 Å². The third kappa shape index (κ3) is 1.71. The van der Waals surface area contributed by atoms with E-state index in [1.807, 2.05) is 0 Å². The first-order chi connectivity index (χ1) is 8.02. The quantitative estimate of drug-likeness (QED) is 0.699. The number of phenolic OH excluding ortho intramolecular Hbond substituents is 1. The van der Waals surface area contributed by atoms with E-state index in [9.17, 15) is 20.1 Å². The highest BCUT2D eigenvalue weighted by Gasteiger charge is 2.18. The van der Waals surface area contributed by atoms with E-state index in [-0.39, 0.29) is 22.6 Å². The molecule has 0 aliphatic carbocycles. The van der Waals surface area contributed by atoms with Gasteiger partial charge in [-0.15, -0.1) is 0 Å². The molecule has 1 aromatic carbocycles. The van der Waals surface area contributed by atoms with Crippen molar-refractivity contribution in [2.24, 2.45) is 0 Å². The van der Waals surface area contributed by atoms with Gasteiger partial charge in [0, 0.05) is 5.56 Å². The summed E-state index contributed by atoms with van der Waals surface area (Å²) in [5.41, 5.74) is -0.590. The lowest BCUT2D eigenvalue weighted by atomic mass is 10.1. The average Bonchev–Trinajstić information content (AvgIpc) is 2.32. The zero-order valence-corrected chi connectivity index (χ0v) is 8.97. The summed E-state index contributed by atoms with van der Waals surface area (Å²) in [5, 5.41) is 28.4. The average molecular weight is 234 g/mol. The van der Waals surface area contributed by atoms with E-state index in [0.717, 1.165) is 0 Å². The third-order valence-corrected chi connectivity index (χ3v) is 2.46. The normalized spacial score (nSPS) is 10.4. The van der Waals surface area contributed by atoms with Gasteiger partial charge in [-0.25, -0.2) is 4.79 Å². The molecule has 5 heteroatoms. The van der Waals surface area contributed by atoms with Crippen LogP contribution in [-0.4, -0.2) is 15.3 Å². The molecule has 0 saturated carbocycles. The van der Waals surface area contributed by atoms with E-state index in [1.54, 1.807) is 12.1 Å². The molecule has 0 fully saturated rings. The van der Waals surface area contributed by atoms with Gasteiger partial charge in [-0.3, -0.25) is 0 Å². The lowest BCUT2D eigenvalue weighted by molar-refractivity contribution is 0.363. The maximum atomic E-state index is 11.2. The first kappa shape index (κ1) is 11.1. The Hall–Kier alpha value is -2.43. The first-order valence-electron chi connectivity index (χ1n) is 4.86. The van der Waals surface area contributed by atoms with Crippen LogP contribution in [-0.2, 0) is 0 Å². The van der Waals surface area contributed by atoms with Crippen molar-refractivity contribution in [3.8, 4) is 28.6 Å². The van der Waals surface area contributed by atoms with E-state index < -0.39 is 17.1 Å². The van der Waals surface area contributed by atoms with Crippen molar-refractivity contribution >= 4 is 0 Å². The van der Waals surface area contributed by atoms with E-state index in [4.69, 9.17) is 4.42 Å². The van der Waals surface area contributed by atoms with Gasteiger partial charge < -0.3 is 19.7 Å². The molecule has 0 atom stereocenters. The number of para-hydroxylation sites is 1. The Morgan fingerprint density at radius 3 is 2.35 bits per heavy atom. The van der Waals surface area contributed by atoms with Crippen LogP contribution in [0.3, 0.4) is 0 Å². The van der Waals surface area contributed by atoms with Crippen molar-refractivity contribution in [1.29, 1.82) is 0 Å². The summed E-state index contributed by atoms with van der Waals surface area (Å²) >= 11 is 0. The number of aromatic hydroxyl groups is 3. The Bertz CT molecular complexity index is 627. The summed E-state index contributed by atoms with van der Waals surface area (Å²) in [7, 11) is 0. The fraction of sp³-hybridized carbons (Fsp3) is 0.0833. The molecule has 17 heavy (non-hydrogen) atoms. The third-order valence-electron chi connectivity index (χ3n) is 2.46. The number of hydrogen-bond acceptors (Lipinski definition) is 5. The molecule has 0 bridgehead atoms. The van der Waals surface area contributed by atoms with Crippen LogP contribution in [0, 0.1) is 6.92 Å². The molecule has 3 N–H and O–H groups in total.